The summed E-state index contributed by atoms with van der Waals surface area (Å²) in [6.45, 7) is 0. The molecule has 0 fully saturated rings. The molecular formula is C10H8NO2. The summed E-state index contributed by atoms with van der Waals surface area (Å²) in [5.74, 6) is -0.185. The highest BCUT2D eigenvalue weighted by Crippen LogP contribution is 2.15. The molecule has 0 aliphatic carbocycles. The number of amides is 1. The van der Waals surface area contributed by atoms with Crippen molar-refractivity contribution in [3.05, 3.63) is 35.4 Å². The molecule has 1 aromatic rings. The van der Waals surface area contributed by atoms with Crippen molar-refractivity contribution in [1.29, 1.82) is 0 Å². The van der Waals surface area contributed by atoms with Crippen molar-refractivity contribution in [2.75, 3.05) is 0 Å². The Morgan fingerprint density at radius 2 is 2.15 bits per heavy atom. The van der Waals surface area contributed by atoms with Gasteiger partial charge in [0.05, 0.1) is 6.04 Å². The largest absolute Gasteiger partial charge is 0.341 e. The van der Waals surface area contributed by atoms with Gasteiger partial charge < -0.3 is 5.32 Å². The van der Waals surface area contributed by atoms with Crippen molar-refractivity contribution in [3.63, 3.8) is 0 Å². The van der Waals surface area contributed by atoms with Crippen molar-refractivity contribution in [2.24, 2.45) is 0 Å². The molecule has 1 aliphatic rings. The average Bonchev–Trinajstić information content (AvgIpc) is 2.18. The standard InChI is InChI=1S/C10H8NO2/c12-6-8-5-7-3-1-2-4-9(7)10(13)11-8/h1-4,8H,5H2,(H,11,13). The summed E-state index contributed by atoms with van der Waals surface area (Å²) in [5.41, 5.74) is 1.58. The zero-order chi connectivity index (χ0) is 9.26. The van der Waals surface area contributed by atoms with E-state index in [0.29, 0.717) is 12.0 Å². The van der Waals surface area contributed by atoms with Crippen LogP contribution in [0.5, 0.6) is 0 Å². The zero-order valence-corrected chi connectivity index (χ0v) is 6.91. The second-order valence-corrected chi connectivity index (χ2v) is 3.01. The molecule has 1 heterocycles. The molecule has 1 N–H and O–H groups in total. The van der Waals surface area contributed by atoms with E-state index >= 15 is 0 Å². The molecule has 1 aliphatic heterocycles. The monoisotopic (exact) mass is 174 g/mol. The van der Waals surface area contributed by atoms with Crippen LogP contribution in [0.2, 0.25) is 0 Å². The van der Waals surface area contributed by atoms with E-state index in [9.17, 15) is 9.59 Å². The zero-order valence-electron chi connectivity index (χ0n) is 6.91. The number of carbonyl (C=O) groups excluding carboxylic acids is 2. The minimum atomic E-state index is -0.484. The van der Waals surface area contributed by atoms with Crippen LogP contribution in [-0.2, 0) is 11.2 Å². The van der Waals surface area contributed by atoms with Gasteiger partial charge in [0.25, 0.3) is 5.91 Å². The summed E-state index contributed by atoms with van der Waals surface area (Å²) in [6.07, 6.45) is 2.34. The lowest BCUT2D eigenvalue weighted by Crippen LogP contribution is -2.42. The van der Waals surface area contributed by atoms with Crippen molar-refractivity contribution in [2.45, 2.75) is 12.5 Å². The maximum atomic E-state index is 11.4. The van der Waals surface area contributed by atoms with Crippen LogP contribution in [0.25, 0.3) is 0 Å². The lowest BCUT2D eigenvalue weighted by molar-refractivity contribution is 0.0936. The van der Waals surface area contributed by atoms with Gasteiger partial charge in [-0.25, -0.2) is 0 Å². The van der Waals surface area contributed by atoms with Gasteiger partial charge in [0.15, 0.2) is 0 Å². The molecule has 2 rings (SSSR count). The summed E-state index contributed by atoms with van der Waals surface area (Å²) in [4.78, 5) is 21.7. The summed E-state index contributed by atoms with van der Waals surface area (Å²) in [6, 6.07) is 6.80. The predicted molar refractivity (Wildman–Crippen MR) is 47.1 cm³/mol. The third kappa shape index (κ3) is 1.33. The van der Waals surface area contributed by atoms with E-state index < -0.39 is 6.04 Å². The highest BCUT2D eigenvalue weighted by atomic mass is 16.2. The maximum Gasteiger partial charge on any atom is 0.252 e. The predicted octanol–water partition coefficient (Wildman–Crippen LogP) is 0.451. The van der Waals surface area contributed by atoms with Crippen molar-refractivity contribution < 1.29 is 9.59 Å². The first-order valence-corrected chi connectivity index (χ1v) is 4.07. The molecule has 3 heteroatoms. The highest BCUT2D eigenvalue weighted by Gasteiger charge is 2.23. The lowest BCUT2D eigenvalue weighted by Gasteiger charge is -2.20. The molecule has 1 amide bonds. The molecular weight excluding hydrogens is 166 g/mol. The smallest absolute Gasteiger partial charge is 0.252 e. The number of nitrogens with one attached hydrogen (secondary N) is 1. The second-order valence-electron chi connectivity index (χ2n) is 3.01. The molecule has 1 aromatic carbocycles. The van der Waals surface area contributed by atoms with E-state index in [4.69, 9.17) is 0 Å². The Balaban J connectivity index is 2.42. The Hall–Kier alpha value is -1.64. The number of rotatable bonds is 1. The molecule has 13 heavy (non-hydrogen) atoms. The Labute approximate surface area is 75.8 Å². The summed E-state index contributed by atoms with van der Waals surface area (Å²) in [7, 11) is 0. The van der Waals surface area contributed by atoms with E-state index in [-0.39, 0.29) is 5.91 Å². The molecule has 0 saturated carbocycles. The van der Waals surface area contributed by atoms with Gasteiger partial charge in [-0.3, -0.25) is 9.59 Å². The van der Waals surface area contributed by atoms with Gasteiger partial charge in [-0.1, -0.05) is 18.2 Å². The van der Waals surface area contributed by atoms with E-state index in [0.717, 1.165) is 5.56 Å². The fraction of sp³-hybridized carbons (Fsp3) is 0.200. The first kappa shape index (κ1) is 7.98. The van der Waals surface area contributed by atoms with Crippen LogP contribution in [-0.4, -0.2) is 18.2 Å². The molecule has 0 aromatic heterocycles. The Kier molecular flexibility index (Phi) is 1.85. The van der Waals surface area contributed by atoms with Gasteiger partial charge in [0.2, 0.25) is 6.29 Å². The fourth-order valence-corrected chi connectivity index (χ4v) is 1.50. The first-order valence-electron chi connectivity index (χ1n) is 4.07. The van der Waals surface area contributed by atoms with Crippen molar-refractivity contribution in [1.82, 2.24) is 5.32 Å². The summed E-state index contributed by atoms with van der Waals surface area (Å²) < 4.78 is 0. The van der Waals surface area contributed by atoms with E-state index in [1.807, 2.05) is 18.2 Å². The number of hydrogen-bond donors (Lipinski definition) is 1. The molecule has 1 radical (unpaired) electrons. The van der Waals surface area contributed by atoms with Gasteiger partial charge in [-0.05, 0) is 11.6 Å². The van der Waals surface area contributed by atoms with Crippen LogP contribution >= 0.6 is 0 Å². The number of carbonyl (C=O) groups is 1. The van der Waals surface area contributed by atoms with Crippen LogP contribution in [0.3, 0.4) is 0 Å². The summed E-state index contributed by atoms with van der Waals surface area (Å²) in [5, 5.41) is 2.56. The van der Waals surface area contributed by atoms with Crippen molar-refractivity contribution >= 4 is 12.2 Å². The van der Waals surface area contributed by atoms with E-state index in [1.54, 1.807) is 12.4 Å². The molecule has 1 atom stereocenters. The van der Waals surface area contributed by atoms with Gasteiger partial charge in [0.1, 0.15) is 0 Å². The summed E-state index contributed by atoms with van der Waals surface area (Å²) >= 11 is 0. The van der Waals surface area contributed by atoms with Crippen LogP contribution in [0.15, 0.2) is 24.3 Å². The quantitative estimate of drug-likeness (QED) is 0.672. The van der Waals surface area contributed by atoms with Gasteiger partial charge in [-0.2, -0.15) is 0 Å². The number of fused-ring (bicyclic) bond motifs is 1. The number of benzene rings is 1. The van der Waals surface area contributed by atoms with Crippen LogP contribution < -0.4 is 5.32 Å². The van der Waals surface area contributed by atoms with E-state index in [2.05, 4.69) is 5.32 Å². The molecule has 0 saturated heterocycles. The Morgan fingerprint density at radius 1 is 1.38 bits per heavy atom. The number of hydrogen-bond acceptors (Lipinski definition) is 2. The molecule has 3 nitrogen and oxygen atoms in total. The van der Waals surface area contributed by atoms with Crippen molar-refractivity contribution in [3.8, 4) is 0 Å². The molecule has 0 spiro atoms. The molecule has 65 valence electrons. The van der Waals surface area contributed by atoms with Gasteiger partial charge in [-0.15, -0.1) is 0 Å². The third-order valence-corrected chi connectivity index (χ3v) is 2.13. The van der Waals surface area contributed by atoms with E-state index in [1.165, 1.54) is 0 Å². The molecule has 0 bridgehead atoms. The van der Waals surface area contributed by atoms with Gasteiger partial charge >= 0.3 is 0 Å². The fourth-order valence-electron chi connectivity index (χ4n) is 1.50. The Bertz CT molecular complexity index is 360. The lowest BCUT2D eigenvalue weighted by atomic mass is 9.96. The topological polar surface area (TPSA) is 46.2 Å². The van der Waals surface area contributed by atoms with Crippen LogP contribution in [0.4, 0.5) is 0 Å². The Morgan fingerprint density at radius 3 is 2.92 bits per heavy atom. The SMILES string of the molecule is O=[C]C1Cc2ccccc2C(=O)N1. The minimum absolute atomic E-state index is 0.185. The van der Waals surface area contributed by atoms with Crippen LogP contribution in [0.1, 0.15) is 15.9 Å². The first-order chi connectivity index (χ1) is 6.31. The normalized spacial score (nSPS) is 20.3. The minimum Gasteiger partial charge on any atom is -0.341 e. The van der Waals surface area contributed by atoms with Crippen LogP contribution in [0, 0.1) is 0 Å². The average molecular weight is 174 g/mol. The molecule has 1 unspecified atom stereocenters. The maximum absolute atomic E-state index is 11.4. The third-order valence-electron chi connectivity index (χ3n) is 2.13. The highest BCUT2D eigenvalue weighted by molar-refractivity contribution is 5.98. The van der Waals surface area contributed by atoms with Gasteiger partial charge in [0, 0.05) is 12.0 Å². The second kappa shape index (κ2) is 3.01.